The monoisotopic (exact) mass is 387 g/mol. The van der Waals surface area contributed by atoms with Crippen molar-refractivity contribution in [3.8, 4) is 5.75 Å². The van der Waals surface area contributed by atoms with Crippen LogP contribution in [0.5, 0.6) is 5.75 Å². The summed E-state index contributed by atoms with van der Waals surface area (Å²) in [5, 5.41) is 13.8. The molecule has 1 N–H and O–H groups in total. The number of amides is 1. The fourth-order valence-corrected chi connectivity index (χ4v) is 2.56. The van der Waals surface area contributed by atoms with Crippen LogP contribution in [0.2, 0.25) is 0 Å². The van der Waals surface area contributed by atoms with Crippen LogP contribution in [0.4, 0.5) is 16.2 Å². The molecule has 0 atom stereocenters. The molecular formula is C20H25N3O5. The van der Waals surface area contributed by atoms with Crippen LogP contribution in [-0.4, -0.2) is 42.2 Å². The lowest BCUT2D eigenvalue weighted by Crippen LogP contribution is -2.27. The van der Waals surface area contributed by atoms with Gasteiger partial charge in [0.25, 0.3) is 5.69 Å². The summed E-state index contributed by atoms with van der Waals surface area (Å²) >= 11 is 0. The van der Waals surface area contributed by atoms with E-state index >= 15 is 0 Å². The lowest BCUT2D eigenvalue weighted by atomic mass is 10.2. The number of carbonyl (C=O) groups excluding carboxylic acids is 1. The van der Waals surface area contributed by atoms with Crippen LogP contribution in [-0.2, 0) is 11.3 Å². The SMILES string of the molecule is CCN(CC)CCOc1ccc(NC(=O)OCc2ccccc2)c([N+](=O)[O-])c1. The summed E-state index contributed by atoms with van der Waals surface area (Å²) in [6.45, 7) is 7.17. The Labute approximate surface area is 164 Å². The number of hydrogen-bond acceptors (Lipinski definition) is 6. The molecule has 2 aromatic carbocycles. The summed E-state index contributed by atoms with van der Waals surface area (Å²) in [5.74, 6) is 0.377. The van der Waals surface area contributed by atoms with E-state index in [1.54, 1.807) is 6.07 Å². The molecule has 2 aromatic rings. The Morgan fingerprint density at radius 3 is 2.50 bits per heavy atom. The number of nitro benzene ring substituents is 1. The highest BCUT2D eigenvalue weighted by atomic mass is 16.6. The van der Waals surface area contributed by atoms with Gasteiger partial charge in [0.05, 0.1) is 11.0 Å². The van der Waals surface area contributed by atoms with Gasteiger partial charge in [0, 0.05) is 6.54 Å². The number of hydrogen-bond donors (Lipinski definition) is 1. The summed E-state index contributed by atoms with van der Waals surface area (Å²) < 4.78 is 10.7. The molecule has 0 saturated heterocycles. The maximum atomic E-state index is 12.0. The van der Waals surface area contributed by atoms with Gasteiger partial charge in [-0.15, -0.1) is 0 Å². The lowest BCUT2D eigenvalue weighted by Gasteiger charge is -2.18. The van der Waals surface area contributed by atoms with Crippen molar-refractivity contribution in [2.45, 2.75) is 20.5 Å². The summed E-state index contributed by atoms with van der Waals surface area (Å²) in [4.78, 5) is 24.9. The third-order valence-electron chi connectivity index (χ3n) is 4.19. The van der Waals surface area contributed by atoms with Crippen molar-refractivity contribution in [3.63, 3.8) is 0 Å². The van der Waals surface area contributed by atoms with E-state index in [9.17, 15) is 14.9 Å². The van der Waals surface area contributed by atoms with Crippen molar-refractivity contribution in [1.82, 2.24) is 4.90 Å². The topological polar surface area (TPSA) is 93.9 Å². The normalized spacial score (nSPS) is 10.5. The van der Waals surface area contributed by atoms with Gasteiger partial charge < -0.3 is 14.4 Å². The van der Waals surface area contributed by atoms with Crippen LogP contribution in [0.15, 0.2) is 48.5 Å². The van der Waals surface area contributed by atoms with Crippen LogP contribution in [0.25, 0.3) is 0 Å². The van der Waals surface area contributed by atoms with Gasteiger partial charge in [0.2, 0.25) is 0 Å². The van der Waals surface area contributed by atoms with Gasteiger partial charge in [-0.25, -0.2) is 4.79 Å². The molecule has 0 unspecified atom stereocenters. The van der Waals surface area contributed by atoms with Crippen molar-refractivity contribution in [3.05, 3.63) is 64.2 Å². The molecule has 0 aliphatic heterocycles. The van der Waals surface area contributed by atoms with Crippen LogP contribution in [0.3, 0.4) is 0 Å². The first-order valence-corrected chi connectivity index (χ1v) is 9.14. The second-order valence-electron chi connectivity index (χ2n) is 6.00. The zero-order valence-corrected chi connectivity index (χ0v) is 16.1. The Morgan fingerprint density at radius 1 is 1.14 bits per heavy atom. The average molecular weight is 387 g/mol. The van der Waals surface area contributed by atoms with Gasteiger partial charge in [-0.1, -0.05) is 44.2 Å². The molecule has 150 valence electrons. The number of nitro groups is 1. The Kier molecular flexibility index (Phi) is 8.23. The second kappa shape index (κ2) is 10.9. The molecule has 0 radical (unpaired) electrons. The Hall–Kier alpha value is -3.13. The van der Waals surface area contributed by atoms with E-state index in [4.69, 9.17) is 9.47 Å². The number of rotatable bonds is 10. The third-order valence-corrected chi connectivity index (χ3v) is 4.19. The van der Waals surface area contributed by atoms with E-state index in [2.05, 4.69) is 24.1 Å². The van der Waals surface area contributed by atoms with E-state index in [1.807, 2.05) is 30.3 Å². The number of carbonyl (C=O) groups is 1. The van der Waals surface area contributed by atoms with Crippen molar-refractivity contribution in [2.24, 2.45) is 0 Å². The molecule has 0 aliphatic rings. The first-order chi connectivity index (χ1) is 13.5. The molecule has 8 heteroatoms. The first-order valence-electron chi connectivity index (χ1n) is 9.14. The lowest BCUT2D eigenvalue weighted by molar-refractivity contribution is -0.384. The number of likely N-dealkylation sites (N-methyl/N-ethyl adjacent to an activating group) is 1. The van der Waals surface area contributed by atoms with E-state index in [0.29, 0.717) is 12.4 Å². The average Bonchev–Trinajstić information content (AvgIpc) is 2.71. The fraction of sp³-hybridized carbons (Fsp3) is 0.350. The zero-order chi connectivity index (χ0) is 20.4. The van der Waals surface area contributed by atoms with Crippen LogP contribution >= 0.6 is 0 Å². The molecule has 0 aromatic heterocycles. The van der Waals surface area contributed by atoms with Crippen LogP contribution in [0, 0.1) is 10.1 Å². The highest BCUT2D eigenvalue weighted by molar-refractivity contribution is 5.88. The number of anilines is 1. The van der Waals surface area contributed by atoms with E-state index in [-0.39, 0.29) is 18.0 Å². The smallest absolute Gasteiger partial charge is 0.412 e. The fourth-order valence-electron chi connectivity index (χ4n) is 2.56. The van der Waals surface area contributed by atoms with Gasteiger partial charge in [-0.3, -0.25) is 15.4 Å². The Balaban J connectivity index is 1.96. The largest absolute Gasteiger partial charge is 0.492 e. The molecule has 2 rings (SSSR count). The van der Waals surface area contributed by atoms with Crippen LogP contribution < -0.4 is 10.1 Å². The third kappa shape index (κ3) is 6.55. The molecule has 0 aliphatic carbocycles. The molecular weight excluding hydrogens is 362 g/mol. The second-order valence-corrected chi connectivity index (χ2v) is 6.00. The molecule has 0 bridgehead atoms. The van der Waals surface area contributed by atoms with Gasteiger partial charge >= 0.3 is 6.09 Å². The summed E-state index contributed by atoms with van der Waals surface area (Å²) in [7, 11) is 0. The minimum atomic E-state index is -0.762. The molecule has 0 spiro atoms. The minimum absolute atomic E-state index is 0.0548. The van der Waals surface area contributed by atoms with E-state index in [1.165, 1.54) is 12.1 Å². The van der Waals surface area contributed by atoms with Crippen molar-refractivity contribution >= 4 is 17.5 Å². The van der Waals surface area contributed by atoms with E-state index < -0.39 is 11.0 Å². The molecule has 0 heterocycles. The molecule has 8 nitrogen and oxygen atoms in total. The molecule has 1 amide bonds. The van der Waals surface area contributed by atoms with Crippen molar-refractivity contribution in [1.29, 1.82) is 0 Å². The maximum Gasteiger partial charge on any atom is 0.412 e. The standard InChI is InChI=1S/C20H25N3O5/c1-3-22(4-2)12-13-27-17-10-11-18(19(14-17)23(25)26)21-20(24)28-15-16-8-6-5-7-9-16/h5-11,14H,3-4,12-13,15H2,1-2H3,(H,21,24). The molecule has 0 fully saturated rings. The predicted octanol–water partition coefficient (Wildman–Crippen LogP) is 4.06. The number of nitrogens with zero attached hydrogens (tertiary/aromatic N) is 2. The molecule has 28 heavy (non-hydrogen) atoms. The summed E-state index contributed by atoms with van der Waals surface area (Å²) in [6.07, 6.45) is -0.762. The van der Waals surface area contributed by atoms with Gasteiger partial charge in [-0.2, -0.15) is 0 Å². The number of benzene rings is 2. The Morgan fingerprint density at radius 2 is 1.86 bits per heavy atom. The van der Waals surface area contributed by atoms with E-state index in [0.717, 1.165) is 25.2 Å². The number of ether oxygens (including phenoxy) is 2. The van der Waals surface area contributed by atoms with Gasteiger partial charge in [0.1, 0.15) is 24.7 Å². The minimum Gasteiger partial charge on any atom is -0.492 e. The van der Waals surface area contributed by atoms with Crippen molar-refractivity contribution < 1.29 is 19.2 Å². The van der Waals surface area contributed by atoms with Crippen molar-refractivity contribution in [2.75, 3.05) is 31.6 Å². The van der Waals surface area contributed by atoms with Crippen LogP contribution in [0.1, 0.15) is 19.4 Å². The van der Waals surface area contributed by atoms with Gasteiger partial charge in [-0.05, 0) is 30.8 Å². The summed E-state index contributed by atoms with van der Waals surface area (Å²) in [6, 6.07) is 13.5. The zero-order valence-electron chi connectivity index (χ0n) is 16.1. The maximum absolute atomic E-state index is 12.0. The highest BCUT2D eigenvalue weighted by Crippen LogP contribution is 2.29. The quantitative estimate of drug-likeness (QED) is 0.488. The first kappa shape index (κ1) is 21.2. The Bertz CT molecular complexity index is 779. The highest BCUT2D eigenvalue weighted by Gasteiger charge is 2.18. The molecule has 0 saturated carbocycles. The van der Waals surface area contributed by atoms with Gasteiger partial charge in [0.15, 0.2) is 0 Å². The predicted molar refractivity (Wildman–Crippen MR) is 107 cm³/mol. The number of nitrogens with one attached hydrogen (secondary N) is 1. The summed E-state index contributed by atoms with van der Waals surface area (Å²) in [5.41, 5.74) is 0.625.